The molecule has 0 aliphatic carbocycles. The van der Waals surface area contributed by atoms with Crippen LogP contribution < -0.4 is 9.75 Å². The molecule has 138 valence electrons. The highest BCUT2D eigenvalue weighted by Crippen LogP contribution is 2.36. The fourth-order valence-electron chi connectivity index (χ4n) is 2.60. The number of hydrogen-bond acceptors (Lipinski definition) is 5. The number of methoxy groups -OCH3 is 1. The molecular formula is C19H15BrN2O5. The standard InChI is InChI=1S/C19H15BrN2O5/c1-10-14(7-11-8-15(20)17(23)16(9-11)27-2)18(24)22(21-10)13-5-3-12(4-6-13)19(25)26/h3-9,23H,1-2H3,(H,25,26). The normalized spacial score (nSPS) is 15.2. The van der Waals surface area contributed by atoms with Crippen molar-refractivity contribution >= 4 is 45.3 Å². The molecule has 0 unspecified atom stereocenters. The second-order valence-corrected chi connectivity index (χ2v) is 6.62. The number of hydrogen-bond donors (Lipinski definition) is 2. The van der Waals surface area contributed by atoms with Crippen LogP contribution >= 0.6 is 15.9 Å². The van der Waals surface area contributed by atoms with E-state index >= 15 is 0 Å². The largest absolute Gasteiger partial charge is 0.503 e. The van der Waals surface area contributed by atoms with E-state index in [0.717, 1.165) is 0 Å². The summed E-state index contributed by atoms with van der Waals surface area (Å²) >= 11 is 3.25. The minimum absolute atomic E-state index is 0.0251. The van der Waals surface area contributed by atoms with Crippen molar-refractivity contribution in [2.45, 2.75) is 6.92 Å². The quantitative estimate of drug-likeness (QED) is 0.720. The number of nitrogens with zero attached hydrogens (tertiary/aromatic N) is 2. The molecule has 2 aromatic carbocycles. The van der Waals surface area contributed by atoms with E-state index in [-0.39, 0.29) is 23.0 Å². The first-order valence-corrected chi connectivity index (χ1v) is 8.62. The molecule has 0 saturated heterocycles. The minimum atomic E-state index is -1.04. The summed E-state index contributed by atoms with van der Waals surface area (Å²) in [6, 6.07) is 9.16. The molecule has 0 atom stereocenters. The lowest BCUT2D eigenvalue weighted by molar-refractivity contribution is -0.114. The number of aromatic carboxylic acids is 1. The van der Waals surface area contributed by atoms with Gasteiger partial charge >= 0.3 is 5.97 Å². The number of carbonyl (C=O) groups is 2. The SMILES string of the molecule is COc1cc(C=C2C(=O)N(c3ccc(C(=O)O)cc3)N=C2C)cc(Br)c1O. The van der Waals surface area contributed by atoms with Gasteiger partial charge in [0.2, 0.25) is 0 Å². The first-order valence-electron chi connectivity index (χ1n) is 7.83. The summed E-state index contributed by atoms with van der Waals surface area (Å²) in [5.41, 5.74) is 2.15. The summed E-state index contributed by atoms with van der Waals surface area (Å²) in [5.74, 6) is -1.12. The van der Waals surface area contributed by atoms with E-state index in [9.17, 15) is 14.7 Å². The number of benzene rings is 2. The van der Waals surface area contributed by atoms with Crippen molar-refractivity contribution in [3.63, 3.8) is 0 Å². The van der Waals surface area contributed by atoms with Crippen LogP contribution in [0.3, 0.4) is 0 Å². The molecule has 2 aromatic rings. The van der Waals surface area contributed by atoms with Gasteiger partial charge < -0.3 is 14.9 Å². The number of hydrazone groups is 1. The third-order valence-electron chi connectivity index (χ3n) is 4.00. The third kappa shape index (κ3) is 3.56. The number of aromatic hydroxyl groups is 1. The number of phenolic OH excluding ortho intramolecular Hbond substituents is 1. The lowest BCUT2D eigenvalue weighted by Crippen LogP contribution is -2.21. The van der Waals surface area contributed by atoms with Gasteiger partial charge in [-0.15, -0.1) is 0 Å². The number of phenols is 1. The molecule has 0 spiro atoms. The molecule has 3 rings (SSSR count). The predicted octanol–water partition coefficient (Wildman–Crippen LogP) is 3.67. The van der Waals surface area contributed by atoms with Gasteiger partial charge in [0.25, 0.3) is 5.91 Å². The monoisotopic (exact) mass is 430 g/mol. The molecule has 0 bridgehead atoms. The lowest BCUT2D eigenvalue weighted by atomic mass is 10.1. The third-order valence-corrected chi connectivity index (χ3v) is 4.61. The summed E-state index contributed by atoms with van der Waals surface area (Å²) in [7, 11) is 1.44. The van der Waals surface area contributed by atoms with Crippen LogP contribution in [0, 0.1) is 0 Å². The Balaban J connectivity index is 1.94. The number of rotatable bonds is 4. The van der Waals surface area contributed by atoms with E-state index in [4.69, 9.17) is 9.84 Å². The molecule has 1 aliphatic heterocycles. The first-order chi connectivity index (χ1) is 12.8. The molecule has 7 nitrogen and oxygen atoms in total. The van der Waals surface area contributed by atoms with Crippen LogP contribution in [-0.2, 0) is 4.79 Å². The average Bonchev–Trinajstić information content (AvgIpc) is 2.92. The fourth-order valence-corrected chi connectivity index (χ4v) is 3.06. The zero-order valence-corrected chi connectivity index (χ0v) is 16.0. The minimum Gasteiger partial charge on any atom is -0.503 e. The van der Waals surface area contributed by atoms with Gasteiger partial charge in [0.05, 0.1) is 34.1 Å². The number of ether oxygens (including phenoxy) is 1. The Bertz CT molecular complexity index is 996. The molecule has 27 heavy (non-hydrogen) atoms. The van der Waals surface area contributed by atoms with Crippen molar-refractivity contribution < 1.29 is 24.5 Å². The van der Waals surface area contributed by atoms with Crippen LogP contribution in [0.25, 0.3) is 6.08 Å². The smallest absolute Gasteiger partial charge is 0.335 e. The summed E-state index contributed by atoms with van der Waals surface area (Å²) in [6.07, 6.45) is 1.65. The van der Waals surface area contributed by atoms with Gasteiger partial charge in [-0.2, -0.15) is 10.1 Å². The topological polar surface area (TPSA) is 99.4 Å². The van der Waals surface area contributed by atoms with Crippen molar-refractivity contribution in [2.24, 2.45) is 5.10 Å². The number of amides is 1. The number of carboxylic acids is 1. The molecule has 1 aliphatic rings. The van der Waals surface area contributed by atoms with E-state index in [1.165, 1.54) is 36.4 Å². The van der Waals surface area contributed by atoms with E-state index in [0.29, 0.717) is 27.0 Å². The molecule has 1 heterocycles. The zero-order chi connectivity index (χ0) is 19.7. The molecular weight excluding hydrogens is 416 g/mol. The van der Waals surface area contributed by atoms with Crippen molar-refractivity contribution in [2.75, 3.05) is 12.1 Å². The highest BCUT2D eigenvalue weighted by Gasteiger charge is 2.29. The van der Waals surface area contributed by atoms with Gasteiger partial charge in [-0.1, -0.05) is 0 Å². The maximum Gasteiger partial charge on any atom is 0.335 e. The maximum absolute atomic E-state index is 12.8. The molecule has 0 aromatic heterocycles. The highest BCUT2D eigenvalue weighted by atomic mass is 79.9. The van der Waals surface area contributed by atoms with Gasteiger partial charge in [0, 0.05) is 0 Å². The number of carbonyl (C=O) groups excluding carboxylic acids is 1. The van der Waals surface area contributed by atoms with Gasteiger partial charge in [-0.25, -0.2) is 4.79 Å². The average molecular weight is 431 g/mol. The maximum atomic E-state index is 12.8. The first kappa shape index (κ1) is 18.7. The van der Waals surface area contributed by atoms with Crippen LogP contribution in [0.5, 0.6) is 11.5 Å². The summed E-state index contributed by atoms with van der Waals surface area (Å²) in [6.45, 7) is 1.71. The second kappa shape index (κ2) is 7.24. The van der Waals surface area contributed by atoms with Gasteiger partial charge in [-0.05, 0) is 70.9 Å². The van der Waals surface area contributed by atoms with Crippen LogP contribution in [0.4, 0.5) is 5.69 Å². The predicted molar refractivity (Wildman–Crippen MR) is 104 cm³/mol. The number of carboxylic acid groups (broad SMARTS) is 1. The number of anilines is 1. The van der Waals surface area contributed by atoms with Gasteiger partial charge in [-0.3, -0.25) is 4.79 Å². The Kier molecular flexibility index (Phi) is 5.00. The fraction of sp³-hybridized carbons (Fsp3) is 0.105. The van der Waals surface area contributed by atoms with E-state index in [2.05, 4.69) is 21.0 Å². The molecule has 1 amide bonds. The van der Waals surface area contributed by atoms with Crippen molar-refractivity contribution in [3.05, 3.63) is 57.6 Å². The molecule has 8 heteroatoms. The van der Waals surface area contributed by atoms with E-state index in [1.807, 2.05) is 0 Å². The van der Waals surface area contributed by atoms with E-state index in [1.54, 1.807) is 25.1 Å². The summed E-state index contributed by atoms with van der Waals surface area (Å²) < 4.78 is 5.56. The van der Waals surface area contributed by atoms with Crippen LogP contribution in [0.1, 0.15) is 22.8 Å². The Labute approximate surface area is 163 Å². The van der Waals surface area contributed by atoms with Crippen LogP contribution in [0.2, 0.25) is 0 Å². The molecule has 2 N–H and O–H groups in total. The second-order valence-electron chi connectivity index (χ2n) is 5.77. The highest BCUT2D eigenvalue weighted by molar-refractivity contribution is 9.10. The Morgan fingerprint density at radius 3 is 2.52 bits per heavy atom. The Morgan fingerprint density at radius 1 is 1.26 bits per heavy atom. The van der Waals surface area contributed by atoms with E-state index < -0.39 is 5.97 Å². The molecule has 0 radical (unpaired) electrons. The Morgan fingerprint density at radius 2 is 1.93 bits per heavy atom. The molecule has 0 saturated carbocycles. The van der Waals surface area contributed by atoms with Crippen molar-refractivity contribution in [3.8, 4) is 11.5 Å². The zero-order valence-electron chi connectivity index (χ0n) is 14.4. The van der Waals surface area contributed by atoms with Gasteiger partial charge in [0.15, 0.2) is 11.5 Å². The lowest BCUT2D eigenvalue weighted by Gasteiger charge is -2.12. The van der Waals surface area contributed by atoms with Crippen LogP contribution in [-0.4, -0.2) is 34.9 Å². The Hall–Kier alpha value is -3.13. The molecule has 0 fully saturated rings. The van der Waals surface area contributed by atoms with Gasteiger partial charge in [0.1, 0.15) is 0 Å². The van der Waals surface area contributed by atoms with Crippen molar-refractivity contribution in [1.82, 2.24) is 0 Å². The van der Waals surface area contributed by atoms with Crippen molar-refractivity contribution in [1.29, 1.82) is 0 Å². The number of halogens is 1. The summed E-state index contributed by atoms with van der Waals surface area (Å²) in [4.78, 5) is 23.7. The summed E-state index contributed by atoms with van der Waals surface area (Å²) in [5, 5.41) is 24.4. The van der Waals surface area contributed by atoms with Crippen LogP contribution in [0.15, 0.2) is 51.5 Å².